The number of rotatable bonds is 7. The van der Waals surface area contributed by atoms with E-state index in [2.05, 4.69) is 9.97 Å². The lowest BCUT2D eigenvalue weighted by Gasteiger charge is -2.23. The molecule has 0 saturated heterocycles. The Morgan fingerprint density at radius 2 is 1.69 bits per heavy atom. The van der Waals surface area contributed by atoms with Crippen LogP contribution in [0.2, 0.25) is 0 Å². The molecule has 0 spiro atoms. The van der Waals surface area contributed by atoms with Crippen LogP contribution in [0.5, 0.6) is 0 Å². The van der Waals surface area contributed by atoms with E-state index in [-0.39, 0.29) is 18.9 Å². The molecular weight excluding hydrogens is 328 g/mol. The summed E-state index contributed by atoms with van der Waals surface area (Å²) in [6, 6.07) is 15.2. The minimum Gasteiger partial charge on any atom is -0.370 e. The summed E-state index contributed by atoms with van der Waals surface area (Å²) >= 11 is 0. The van der Waals surface area contributed by atoms with Crippen molar-refractivity contribution >= 4 is 22.8 Å². The number of carbonyl (C=O) groups excluding carboxylic acids is 2. The Bertz CT molecular complexity index is 907. The molecule has 0 bridgehead atoms. The first-order valence-electron chi connectivity index (χ1n) is 8.46. The summed E-state index contributed by atoms with van der Waals surface area (Å²) in [5, 5.41) is 0. The SMILES string of the molecule is NC(=O)CCN(CCc1ccccc1)C(=O)c1cccc2nccnc12. The second kappa shape index (κ2) is 8.20. The van der Waals surface area contributed by atoms with Gasteiger partial charge in [-0.05, 0) is 24.1 Å². The second-order valence-electron chi connectivity index (χ2n) is 5.97. The quantitative estimate of drug-likeness (QED) is 0.709. The van der Waals surface area contributed by atoms with E-state index in [9.17, 15) is 9.59 Å². The fourth-order valence-electron chi connectivity index (χ4n) is 2.80. The molecule has 1 aromatic heterocycles. The molecule has 0 aliphatic rings. The Morgan fingerprint density at radius 3 is 2.46 bits per heavy atom. The van der Waals surface area contributed by atoms with Crippen LogP contribution in [0.3, 0.4) is 0 Å². The van der Waals surface area contributed by atoms with E-state index in [1.807, 2.05) is 36.4 Å². The molecule has 0 radical (unpaired) electrons. The van der Waals surface area contributed by atoms with Crippen molar-refractivity contribution in [3.8, 4) is 0 Å². The van der Waals surface area contributed by atoms with Crippen molar-refractivity contribution in [3.05, 3.63) is 72.1 Å². The molecule has 3 aromatic rings. The maximum absolute atomic E-state index is 13.1. The molecule has 6 nitrogen and oxygen atoms in total. The van der Waals surface area contributed by atoms with Crippen LogP contribution >= 0.6 is 0 Å². The van der Waals surface area contributed by atoms with E-state index in [4.69, 9.17) is 5.73 Å². The monoisotopic (exact) mass is 348 g/mol. The highest BCUT2D eigenvalue weighted by Gasteiger charge is 2.19. The van der Waals surface area contributed by atoms with Crippen LogP contribution in [-0.4, -0.2) is 39.8 Å². The number of benzene rings is 2. The highest BCUT2D eigenvalue weighted by Crippen LogP contribution is 2.16. The van der Waals surface area contributed by atoms with Gasteiger partial charge in [-0.2, -0.15) is 0 Å². The van der Waals surface area contributed by atoms with Gasteiger partial charge in [0.15, 0.2) is 0 Å². The average molecular weight is 348 g/mol. The zero-order valence-corrected chi connectivity index (χ0v) is 14.3. The number of amides is 2. The molecule has 0 atom stereocenters. The number of primary amides is 1. The number of nitrogens with two attached hydrogens (primary N) is 1. The predicted octanol–water partition coefficient (Wildman–Crippen LogP) is 2.19. The fourth-order valence-corrected chi connectivity index (χ4v) is 2.80. The number of para-hydroxylation sites is 1. The normalized spacial score (nSPS) is 10.6. The van der Waals surface area contributed by atoms with Gasteiger partial charge in [0, 0.05) is 31.9 Å². The van der Waals surface area contributed by atoms with E-state index >= 15 is 0 Å². The number of nitrogens with zero attached hydrogens (tertiary/aromatic N) is 3. The summed E-state index contributed by atoms with van der Waals surface area (Å²) in [7, 11) is 0. The lowest BCUT2D eigenvalue weighted by Crippen LogP contribution is -2.36. The lowest BCUT2D eigenvalue weighted by atomic mass is 10.1. The molecule has 0 fully saturated rings. The Kier molecular flexibility index (Phi) is 5.53. The zero-order chi connectivity index (χ0) is 18.4. The van der Waals surface area contributed by atoms with Gasteiger partial charge in [-0.3, -0.25) is 19.6 Å². The molecule has 132 valence electrons. The summed E-state index contributed by atoms with van der Waals surface area (Å²) in [5.41, 5.74) is 8.11. The van der Waals surface area contributed by atoms with Gasteiger partial charge in [-0.25, -0.2) is 0 Å². The van der Waals surface area contributed by atoms with Gasteiger partial charge in [0.1, 0.15) is 5.52 Å². The predicted molar refractivity (Wildman–Crippen MR) is 99.4 cm³/mol. The standard InChI is InChI=1S/C20H20N4O2/c21-18(25)10-14-24(13-9-15-5-2-1-3-6-15)20(26)16-7-4-8-17-19(16)23-12-11-22-17/h1-8,11-12H,9-10,13-14H2,(H2,21,25). The van der Waals surface area contributed by atoms with Gasteiger partial charge >= 0.3 is 0 Å². The molecule has 3 rings (SSSR count). The summed E-state index contributed by atoms with van der Waals surface area (Å²) in [6.07, 6.45) is 3.98. The zero-order valence-electron chi connectivity index (χ0n) is 14.3. The Balaban J connectivity index is 1.84. The van der Waals surface area contributed by atoms with Crippen LogP contribution in [0.25, 0.3) is 11.0 Å². The minimum absolute atomic E-state index is 0.122. The largest absolute Gasteiger partial charge is 0.370 e. The number of aromatic nitrogens is 2. The van der Waals surface area contributed by atoms with E-state index in [0.29, 0.717) is 29.6 Å². The van der Waals surface area contributed by atoms with Crippen molar-refractivity contribution in [2.24, 2.45) is 5.73 Å². The van der Waals surface area contributed by atoms with Crippen molar-refractivity contribution in [3.63, 3.8) is 0 Å². The van der Waals surface area contributed by atoms with Gasteiger partial charge in [0.2, 0.25) is 5.91 Å². The number of hydrogen-bond donors (Lipinski definition) is 1. The molecule has 2 N–H and O–H groups in total. The summed E-state index contributed by atoms with van der Waals surface area (Å²) in [6.45, 7) is 0.768. The maximum atomic E-state index is 13.1. The van der Waals surface area contributed by atoms with Gasteiger partial charge < -0.3 is 10.6 Å². The van der Waals surface area contributed by atoms with Gasteiger partial charge in [0.05, 0.1) is 11.1 Å². The van der Waals surface area contributed by atoms with Crippen LogP contribution in [0.4, 0.5) is 0 Å². The summed E-state index contributed by atoms with van der Waals surface area (Å²) in [5.74, 6) is -0.603. The fraction of sp³-hybridized carbons (Fsp3) is 0.200. The van der Waals surface area contributed by atoms with E-state index in [1.54, 1.807) is 29.4 Å². The minimum atomic E-state index is -0.430. The van der Waals surface area contributed by atoms with Crippen LogP contribution < -0.4 is 5.73 Å². The number of hydrogen-bond acceptors (Lipinski definition) is 4. The average Bonchev–Trinajstić information content (AvgIpc) is 2.67. The first-order valence-corrected chi connectivity index (χ1v) is 8.46. The molecular formula is C20H20N4O2. The van der Waals surface area contributed by atoms with E-state index in [0.717, 1.165) is 5.56 Å². The molecule has 6 heteroatoms. The third-order valence-corrected chi connectivity index (χ3v) is 4.16. The van der Waals surface area contributed by atoms with Crippen molar-refractivity contribution in [2.75, 3.05) is 13.1 Å². The smallest absolute Gasteiger partial charge is 0.256 e. The highest BCUT2D eigenvalue weighted by molar-refractivity contribution is 6.04. The molecule has 0 aliphatic heterocycles. The third-order valence-electron chi connectivity index (χ3n) is 4.16. The second-order valence-corrected chi connectivity index (χ2v) is 5.97. The molecule has 1 heterocycles. The van der Waals surface area contributed by atoms with E-state index in [1.165, 1.54) is 0 Å². The van der Waals surface area contributed by atoms with Crippen LogP contribution in [0.15, 0.2) is 60.9 Å². The third kappa shape index (κ3) is 4.22. The topological polar surface area (TPSA) is 89.2 Å². The van der Waals surface area contributed by atoms with Crippen molar-refractivity contribution in [1.29, 1.82) is 0 Å². The van der Waals surface area contributed by atoms with Gasteiger partial charge in [-0.15, -0.1) is 0 Å². The Morgan fingerprint density at radius 1 is 0.923 bits per heavy atom. The first kappa shape index (κ1) is 17.5. The molecule has 2 aromatic carbocycles. The van der Waals surface area contributed by atoms with Crippen molar-refractivity contribution in [2.45, 2.75) is 12.8 Å². The Labute approximate surface area is 151 Å². The number of fused-ring (bicyclic) bond motifs is 1. The van der Waals surface area contributed by atoms with Crippen LogP contribution in [-0.2, 0) is 11.2 Å². The maximum Gasteiger partial charge on any atom is 0.256 e. The van der Waals surface area contributed by atoms with Crippen molar-refractivity contribution < 1.29 is 9.59 Å². The molecule has 0 saturated carbocycles. The van der Waals surface area contributed by atoms with Crippen LogP contribution in [0.1, 0.15) is 22.3 Å². The Hall–Kier alpha value is -3.28. The lowest BCUT2D eigenvalue weighted by molar-refractivity contribution is -0.118. The number of carbonyl (C=O) groups is 2. The molecule has 0 unspecified atom stereocenters. The van der Waals surface area contributed by atoms with Crippen molar-refractivity contribution in [1.82, 2.24) is 14.9 Å². The van der Waals surface area contributed by atoms with Gasteiger partial charge in [0.25, 0.3) is 5.91 Å². The summed E-state index contributed by atoms with van der Waals surface area (Å²) in [4.78, 5) is 34.5. The highest BCUT2D eigenvalue weighted by atomic mass is 16.2. The van der Waals surface area contributed by atoms with Gasteiger partial charge in [-0.1, -0.05) is 36.4 Å². The summed E-state index contributed by atoms with van der Waals surface area (Å²) < 4.78 is 0. The molecule has 0 aliphatic carbocycles. The van der Waals surface area contributed by atoms with E-state index < -0.39 is 5.91 Å². The molecule has 2 amide bonds. The molecule has 26 heavy (non-hydrogen) atoms. The first-order chi connectivity index (χ1) is 12.6. The van der Waals surface area contributed by atoms with Crippen LogP contribution in [0, 0.1) is 0 Å².